The monoisotopic (exact) mass is 239 g/mol. The largest absolute Gasteiger partial charge is 0.312 e. The van der Waals surface area contributed by atoms with Crippen LogP contribution in [-0.2, 0) is 0 Å². The van der Waals surface area contributed by atoms with Gasteiger partial charge in [-0.25, -0.2) is 0 Å². The van der Waals surface area contributed by atoms with Gasteiger partial charge in [0.15, 0.2) is 0 Å². The maximum atomic E-state index is 3.77. The van der Waals surface area contributed by atoms with Gasteiger partial charge in [-0.2, -0.15) is 0 Å². The summed E-state index contributed by atoms with van der Waals surface area (Å²) in [6.07, 6.45) is 2.79. The van der Waals surface area contributed by atoms with Crippen molar-refractivity contribution >= 4 is 0 Å². The molecule has 1 aliphatic heterocycles. The molecule has 2 fully saturated rings. The summed E-state index contributed by atoms with van der Waals surface area (Å²) in [5.41, 5.74) is 0. The number of hydrogen-bond donors (Lipinski definition) is 1. The van der Waals surface area contributed by atoms with Gasteiger partial charge in [-0.3, -0.25) is 4.90 Å². The molecule has 1 heterocycles. The second-order valence-electron chi connectivity index (χ2n) is 6.12. The minimum atomic E-state index is 0.775. The van der Waals surface area contributed by atoms with Crippen LogP contribution in [-0.4, -0.2) is 62.2 Å². The van der Waals surface area contributed by atoms with Gasteiger partial charge in [-0.05, 0) is 31.7 Å². The van der Waals surface area contributed by atoms with Gasteiger partial charge in [0.1, 0.15) is 0 Å². The van der Waals surface area contributed by atoms with Crippen LogP contribution in [0, 0.1) is 11.8 Å². The number of piperazine rings is 1. The van der Waals surface area contributed by atoms with Crippen molar-refractivity contribution in [3.8, 4) is 0 Å². The highest BCUT2D eigenvalue weighted by Gasteiger charge is 2.29. The summed E-state index contributed by atoms with van der Waals surface area (Å²) in [7, 11) is 2.22. The van der Waals surface area contributed by atoms with E-state index in [1.165, 1.54) is 52.1 Å². The predicted molar refractivity (Wildman–Crippen MR) is 73.3 cm³/mol. The second kappa shape index (κ2) is 6.17. The number of hydrogen-bond acceptors (Lipinski definition) is 3. The average molecular weight is 239 g/mol. The predicted octanol–water partition coefficient (Wildman–Crippen LogP) is 1.26. The molecule has 0 aromatic rings. The molecule has 3 unspecified atom stereocenters. The highest BCUT2D eigenvalue weighted by Crippen LogP contribution is 2.30. The Morgan fingerprint density at radius 3 is 2.35 bits per heavy atom. The van der Waals surface area contributed by atoms with Crippen LogP contribution < -0.4 is 5.32 Å². The Bertz CT molecular complexity index is 224. The molecule has 0 amide bonds. The fraction of sp³-hybridized carbons (Fsp3) is 1.00. The number of likely N-dealkylation sites (N-methyl/N-ethyl adjacent to an activating group) is 1. The van der Waals surface area contributed by atoms with Gasteiger partial charge in [0, 0.05) is 45.3 Å². The summed E-state index contributed by atoms with van der Waals surface area (Å²) in [4.78, 5) is 5.01. The quantitative estimate of drug-likeness (QED) is 0.797. The molecule has 17 heavy (non-hydrogen) atoms. The molecule has 0 aromatic heterocycles. The molecule has 3 heteroatoms. The van der Waals surface area contributed by atoms with E-state index in [9.17, 15) is 0 Å². The molecule has 0 spiro atoms. The Morgan fingerprint density at radius 2 is 1.76 bits per heavy atom. The van der Waals surface area contributed by atoms with Crippen molar-refractivity contribution in [1.82, 2.24) is 15.1 Å². The van der Waals surface area contributed by atoms with Crippen molar-refractivity contribution in [3.05, 3.63) is 0 Å². The molecule has 3 nitrogen and oxygen atoms in total. The Hall–Kier alpha value is -0.120. The Kier molecular flexibility index (Phi) is 4.83. The fourth-order valence-corrected chi connectivity index (χ4v) is 3.13. The van der Waals surface area contributed by atoms with E-state index in [1.807, 2.05) is 0 Å². The maximum Gasteiger partial charge on any atom is 0.0110 e. The molecule has 100 valence electrons. The third-order valence-electron chi connectivity index (χ3n) is 4.90. The van der Waals surface area contributed by atoms with E-state index in [0.717, 1.165) is 17.9 Å². The van der Waals surface area contributed by atoms with Gasteiger partial charge < -0.3 is 10.2 Å². The van der Waals surface area contributed by atoms with E-state index in [4.69, 9.17) is 0 Å². The van der Waals surface area contributed by atoms with E-state index >= 15 is 0 Å². The van der Waals surface area contributed by atoms with Gasteiger partial charge >= 0.3 is 0 Å². The van der Waals surface area contributed by atoms with Crippen LogP contribution in [0.15, 0.2) is 0 Å². The van der Waals surface area contributed by atoms with Crippen molar-refractivity contribution in [1.29, 1.82) is 0 Å². The minimum Gasteiger partial charge on any atom is -0.312 e. The van der Waals surface area contributed by atoms with E-state index in [0.29, 0.717) is 0 Å². The summed E-state index contributed by atoms with van der Waals surface area (Å²) >= 11 is 0. The van der Waals surface area contributed by atoms with Crippen molar-refractivity contribution in [2.75, 3.05) is 46.3 Å². The lowest BCUT2D eigenvalue weighted by Crippen LogP contribution is -2.47. The van der Waals surface area contributed by atoms with Crippen molar-refractivity contribution in [2.45, 2.75) is 32.7 Å². The Morgan fingerprint density at radius 1 is 1.06 bits per heavy atom. The molecule has 0 aromatic carbocycles. The Balaban J connectivity index is 1.60. The summed E-state index contributed by atoms with van der Waals surface area (Å²) in [5.74, 6) is 1.78. The maximum absolute atomic E-state index is 3.77. The lowest BCUT2D eigenvalue weighted by atomic mass is 9.98. The molecule has 3 atom stereocenters. The third kappa shape index (κ3) is 3.67. The molecular formula is C14H29N3. The summed E-state index contributed by atoms with van der Waals surface area (Å²) in [5, 5.41) is 3.77. The first-order valence-corrected chi connectivity index (χ1v) is 7.31. The van der Waals surface area contributed by atoms with E-state index in [2.05, 4.69) is 36.0 Å². The van der Waals surface area contributed by atoms with Crippen LogP contribution in [0.3, 0.4) is 0 Å². The first-order valence-electron chi connectivity index (χ1n) is 7.31. The van der Waals surface area contributed by atoms with Crippen LogP contribution in [0.1, 0.15) is 26.7 Å². The van der Waals surface area contributed by atoms with Gasteiger partial charge in [0.2, 0.25) is 0 Å². The molecule has 2 rings (SSSR count). The Labute approximate surface area is 107 Å². The highest BCUT2D eigenvalue weighted by molar-refractivity contribution is 4.85. The summed E-state index contributed by atoms with van der Waals surface area (Å²) in [6.45, 7) is 12.2. The average Bonchev–Trinajstić information content (AvgIpc) is 2.64. The van der Waals surface area contributed by atoms with Gasteiger partial charge in [-0.1, -0.05) is 13.8 Å². The van der Waals surface area contributed by atoms with Crippen molar-refractivity contribution in [3.63, 3.8) is 0 Å². The van der Waals surface area contributed by atoms with E-state index < -0.39 is 0 Å². The van der Waals surface area contributed by atoms with E-state index in [1.54, 1.807) is 0 Å². The van der Waals surface area contributed by atoms with Gasteiger partial charge in [-0.15, -0.1) is 0 Å². The number of rotatable bonds is 4. The molecule has 0 radical (unpaired) electrons. The standard InChI is InChI=1S/C14H29N3/c1-12-4-5-14(13(12)2)15-6-7-17-10-8-16(3)9-11-17/h12-15H,4-11H2,1-3H3. The van der Waals surface area contributed by atoms with Gasteiger partial charge in [0.25, 0.3) is 0 Å². The molecule has 1 aliphatic carbocycles. The molecule has 1 saturated carbocycles. The molecule has 1 saturated heterocycles. The molecular weight excluding hydrogens is 210 g/mol. The highest BCUT2D eigenvalue weighted by atomic mass is 15.2. The van der Waals surface area contributed by atoms with Crippen LogP contribution >= 0.6 is 0 Å². The summed E-state index contributed by atoms with van der Waals surface area (Å²) in [6, 6.07) is 0.775. The van der Waals surface area contributed by atoms with Crippen molar-refractivity contribution < 1.29 is 0 Å². The smallest absolute Gasteiger partial charge is 0.0110 e. The molecule has 2 aliphatic rings. The zero-order valence-electron chi connectivity index (χ0n) is 11.8. The van der Waals surface area contributed by atoms with Crippen LogP contribution in [0.5, 0.6) is 0 Å². The minimum absolute atomic E-state index is 0.775. The lowest BCUT2D eigenvalue weighted by Gasteiger charge is -2.32. The molecule has 1 N–H and O–H groups in total. The second-order valence-corrected chi connectivity index (χ2v) is 6.12. The zero-order valence-corrected chi connectivity index (χ0v) is 11.8. The number of nitrogens with one attached hydrogen (secondary N) is 1. The third-order valence-corrected chi connectivity index (χ3v) is 4.90. The first-order chi connectivity index (χ1) is 8.16. The molecule has 0 bridgehead atoms. The van der Waals surface area contributed by atoms with Crippen LogP contribution in [0.25, 0.3) is 0 Å². The SMILES string of the molecule is CC1CCC(NCCN2CCN(C)CC2)C1C. The van der Waals surface area contributed by atoms with Crippen LogP contribution in [0.4, 0.5) is 0 Å². The van der Waals surface area contributed by atoms with E-state index in [-0.39, 0.29) is 0 Å². The fourth-order valence-electron chi connectivity index (χ4n) is 3.13. The first kappa shape index (κ1) is 13.3. The normalized spacial score (nSPS) is 36.5. The van der Waals surface area contributed by atoms with Gasteiger partial charge in [0.05, 0.1) is 0 Å². The van der Waals surface area contributed by atoms with Crippen LogP contribution in [0.2, 0.25) is 0 Å². The lowest BCUT2D eigenvalue weighted by molar-refractivity contribution is 0.152. The number of nitrogens with zero attached hydrogens (tertiary/aromatic N) is 2. The summed E-state index contributed by atoms with van der Waals surface area (Å²) < 4.78 is 0. The zero-order chi connectivity index (χ0) is 12.3. The topological polar surface area (TPSA) is 18.5 Å². The van der Waals surface area contributed by atoms with Crippen molar-refractivity contribution in [2.24, 2.45) is 11.8 Å².